The van der Waals surface area contributed by atoms with Crippen molar-refractivity contribution in [3.8, 4) is 17.0 Å². The molecule has 1 fully saturated rings. The van der Waals surface area contributed by atoms with Crippen molar-refractivity contribution in [1.29, 1.82) is 0 Å². The lowest BCUT2D eigenvalue weighted by molar-refractivity contribution is -0.124. The van der Waals surface area contributed by atoms with Crippen molar-refractivity contribution >= 4 is 43.6 Å². The first kappa shape index (κ1) is 26.5. The monoisotopic (exact) mass is 594 g/mol. The van der Waals surface area contributed by atoms with E-state index in [4.69, 9.17) is 0 Å². The molecule has 4 aromatic carbocycles. The highest BCUT2D eigenvalue weighted by Gasteiger charge is 2.48. The molecule has 11 heteroatoms. The Kier molecular flexibility index (Phi) is 5.89. The summed E-state index contributed by atoms with van der Waals surface area (Å²) in [6.45, 7) is -0.137. The summed E-state index contributed by atoms with van der Waals surface area (Å²) in [5.74, 6) is -1.32. The van der Waals surface area contributed by atoms with Crippen LogP contribution in [0.3, 0.4) is 0 Å². The van der Waals surface area contributed by atoms with E-state index in [9.17, 15) is 27.5 Å². The number of amides is 3. The molecule has 7 rings (SSSR count). The van der Waals surface area contributed by atoms with Crippen LogP contribution >= 0.6 is 0 Å². The van der Waals surface area contributed by atoms with Crippen molar-refractivity contribution in [3.05, 3.63) is 121 Å². The molecule has 1 atom stereocenters. The van der Waals surface area contributed by atoms with Gasteiger partial charge in [0.05, 0.1) is 17.0 Å². The minimum Gasteiger partial charge on any atom is -0.494 e. The van der Waals surface area contributed by atoms with Gasteiger partial charge in [0.1, 0.15) is 5.82 Å². The molecule has 3 heterocycles. The molecule has 2 aromatic heterocycles. The topological polar surface area (TPSA) is 122 Å². The van der Waals surface area contributed by atoms with Crippen molar-refractivity contribution in [2.24, 2.45) is 0 Å². The molecule has 1 saturated heterocycles. The molecule has 9 nitrogen and oxygen atoms in total. The molecule has 43 heavy (non-hydrogen) atoms. The number of rotatable bonds is 6. The molecular weight excluding hydrogens is 571 g/mol. The van der Waals surface area contributed by atoms with Gasteiger partial charge in [0.25, 0.3) is 15.9 Å². The number of nitrogens with one attached hydrogen (secondary N) is 2. The summed E-state index contributed by atoms with van der Waals surface area (Å²) >= 11 is 0. The average Bonchev–Trinajstić information content (AvgIpc) is 3.67. The molecule has 0 saturated carbocycles. The Bertz CT molecular complexity index is 2190. The third-order valence-corrected chi connectivity index (χ3v) is 9.54. The molecule has 0 aliphatic carbocycles. The summed E-state index contributed by atoms with van der Waals surface area (Å²) in [5, 5.41) is 17.4. The number of carbonyl (C=O) groups excluding carboxylic acids is 2. The molecule has 0 unspecified atom stereocenters. The number of urea groups is 1. The zero-order valence-corrected chi connectivity index (χ0v) is 23.2. The first-order valence-electron chi connectivity index (χ1n) is 13.3. The Labute approximate surface area is 244 Å². The lowest BCUT2D eigenvalue weighted by Gasteiger charge is -2.27. The molecule has 3 N–H and O–H groups in total. The van der Waals surface area contributed by atoms with Crippen molar-refractivity contribution < 1.29 is 27.5 Å². The van der Waals surface area contributed by atoms with E-state index in [2.05, 4.69) is 10.6 Å². The third-order valence-electron chi connectivity index (χ3n) is 7.84. The Morgan fingerprint density at radius 2 is 1.58 bits per heavy atom. The number of aromatic nitrogens is 2. The van der Waals surface area contributed by atoms with Crippen LogP contribution < -0.4 is 10.6 Å². The Morgan fingerprint density at radius 3 is 2.30 bits per heavy atom. The minimum atomic E-state index is -3.77. The zero-order chi connectivity index (χ0) is 29.9. The van der Waals surface area contributed by atoms with Gasteiger partial charge in [0.2, 0.25) is 0 Å². The van der Waals surface area contributed by atoms with Crippen LogP contribution in [0.4, 0.5) is 9.18 Å². The molecule has 1 aliphatic rings. The second kappa shape index (κ2) is 9.57. The van der Waals surface area contributed by atoms with Gasteiger partial charge in [-0.25, -0.2) is 21.6 Å². The number of imide groups is 1. The van der Waals surface area contributed by atoms with Gasteiger partial charge >= 0.3 is 6.03 Å². The predicted octanol–water partition coefficient (Wildman–Crippen LogP) is 5.08. The molecule has 0 bridgehead atoms. The fourth-order valence-corrected chi connectivity index (χ4v) is 7.03. The third kappa shape index (κ3) is 4.24. The summed E-state index contributed by atoms with van der Waals surface area (Å²) < 4.78 is 42.8. The van der Waals surface area contributed by atoms with E-state index < -0.39 is 33.3 Å². The molecule has 3 amide bonds. The number of nitrogens with zero attached hydrogens (tertiary/aromatic N) is 2. The van der Waals surface area contributed by atoms with E-state index in [0.717, 1.165) is 16.5 Å². The van der Waals surface area contributed by atoms with Crippen LogP contribution in [-0.2, 0) is 26.9 Å². The maximum Gasteiger partial charge on any atom is 0.322 e. The highest BCUT2D eigenvalue weighted by molar-refractivity contribution is 7.90. The number of carbonyl (C=O) groups is 2. The van der Waals surface area contributed by atoms with Gasteiger partial charge in [-0.05, 0) is 65.2 Å². The van der Waals surface area contributed by atoms with Crippen molar-refractivity contribution in [1.82, 2.24) is 19.2 Å². The highest BCUT2D eigenvalue weighted by Crippen LogP contribution is 2.35. The summed E-state index contributed by atoms with van der Waals surface area (Å²) in [6, 6.07) is 25.8. The Morgan fingerprint density at radius 1 is 0.837 bits per heavy atom. The van der Waals surface area contributed by atoms with E-state index in [-0.39, 0.29) is 22.7 Å². The van der Waals surface area contributed by atoms with Gasteiger partial charge in [-0.1, -0.05) is 48.5 Å². The standard InChI is InChI=1S/C32H23FN4O5S/c33-25-12-8-23-18-36(29(38)27(23)17-25)19-32(30(39)34-31(40)35-32)24-10-6-20(7-11-24)21-9-13-28-22(16-21)14-15-37(28)43(41,42)26-4-2-1-3-5-26/h1-18,38H,19H2,(H2,34,35,39,40)/t32-/m0/s1. The highest BCUT2D eigenvalue weighted by atomic mass is 32.2. The molecule has 1 aliphatic heterocycles. The van der Waals surface area contributed by atoms with Crippen molar-refractivity contribution in [3.63, 3.8) is 0 Å². The van der Waals surface area contributed by atoms with Gasteiger partial charge in [-0.15, -0.1) is 0 Å². The number of halogens is 1. The molecular formula is C32H23FN4O5S. The largest absolute Gasteiger partial charge is 0.494 e. The number of benzene rings is 4. The maximum absolute atomic E-state index is 13.8. The lowest BCUT2D eigenvalue weighted by Crippen LogP contribution is -2.47. The number of aromatic hydroxyl groups is 1. The second-order valence-corrected chi connectivity index (χ2v) is 12.2. The SMILES string of the molecule is O=C1NC(=O)[C@](Cn2cc3ccc(F)cc3c2O)(c2ccc(-c3ccc4c(ccn4S(=O)(=O)c4ccccc4)c3)cc2)N1. The van der Waals surface area contributed by atoms with Crippen LogP contribution in [0.25, 0.3) is 32.8 Å². The van der Waals surface area contributed by atoms with Crippen LogP contribution in [0.2, 0.25) is 0 Å². The minimum absolute atomic E-state index is 0.137. The van der Waals surface area contributed by atoms with E-state index in [1.54, 1.807) is 72.9 Å². The Balaban J connectivity index is 1.23. The van der Waals surface area contributed by atoms with Gasteiger partial charge in [-0.2, -0.15) is 0 Å². The van der Waals surface area contributed by atoms with Gasteiger partial charge in [0.15, 0.2) is 11.4 Å². The number of hydrogen-bond acceptors (Lipinski definition) is 5. The molecule has 0 radical (unpaired) electrons. The summed E-state index contributed by atoms with van der Waals surface area (Å²) in [6.07, 6.45) is 3.12. The maximum atomic E-state index is 13.8. The van der Waals surface area contributed by atoms with Gasteiger partial charge in [0, 0.05) is 28.6 Å². The average molecular weight is 595 g/mol. The second-order valence-electron chi connectivity index (χ2n) is 10.4. The van der Waals surface area contributed by atoms with Crippen LogP contribution in [0.1, 0.15) is 5.56 Å². The van der Waals surface area contributed by atoms with Crippen LogP contribution in [-0.4, -0.2) is 34.0 Å². The normalized spacial score (nSPS) is 17.0. The van der Waals surface area contributed by atoms with Crippen LogP contribution in [0, 0.1) is 5.82 Å². The number of hydrogen-bond donors (Lipinski definition) is 3. The van der Waals surface area contributed by atoms with E-state index in [0.29, 0.717) is 16.5 Å². The summed E-state index contributed by atoms with van der Waals surface area (Å²) in [4.78, 5) is 25.7. The predicted molar refractivity (Wildman–Crippen MR) is 158 cm³/mol. The van der Waals surface area contributed by atoms with Gasteiger partial charge < -0.3 is 15.0 Å². The van der Waals surface area contributed by atoms with E-state index in [1.165, 1.54) is 32.9 Å². The first-order valence-corrected chi connectivity index (χ1v) is 14.7. The van der Waals surface area contributed by atoms with Crippen molar-refractivity contribution in [2.45, 2.75) is 17.0 Å². The smallest absolute Gasteiger partial charge is 0.322 e. The van der Waals surface area contributed by atoms with Crippen LogP contribution in [0.15, 0.2) is 114 Å². The molecule has 214 valence electrons. The fraction of sp³-hybridized carbons (Fsp3) is 0.0625. The summed E-state index contributed by atoms with van der Waals surface area (Å²) in [5.41, 5.74) is 1.10. The van der Waals surface area contributed by atoms with Crippen LogP contribution in [0.5, 0.6) is 5.88 Å². The van der Waals surface area contributed by atoms with E-state index in [1.807, 2.05) is 12.1 Å². The quantitative estimate of drug-likeness (QED) is 0.232. The lowest BCUT2D eigenvalue weighted by atomic mass is 9.88. The zero-order valence-electron chi connectivity index (χ0n) is 22.4. The van der Waals surface area contributed by atoms with E-state index >= 15 is 0 Å². The summed E-state index contributed by atoms with van der Waals surface area (Å²) in [7, 11) is -3.77. The Hall–Kier alpha value is -5.42. The van der Waals surface area contributed by atoms with Crippen molar-refractivity contribution in [2.75, 3.05) is 0 Å². The van der Waals surface area contributed by atoms with Gasteiger partial charge in [-0.3, -0.25) is 10.1 Å². The first-order chi connectivity index (χ1) is 20.7. The molecule has 6 aromatic rings. The molecule has 0 spiro atoms. The number of fused-ring (bicyclic) bond motifs is 2. The fourth-order valence-electron chi connectivity index (χ4n) is 5.65.